The smallest absolute Gasteiger partial charge is 0.172 e. The molecule has 0 amide bonds. The molecule has 0 fully saturated rings. The lowest BCUT2D eigenvalue weighted by atomic mass is 10.2. The number of hydrogen-bond donors (Lipinski definition) is 0. The zero-order chi connectivity index (χ0) is 9.84. The van der Waals surface area contributed by atoms with Gasteiger partial charge in [-0.1, -0.05) is 11.6 Å². The molecule has 1 rings (SSSR count). The van der Waals surface area contributed by atoms with Crippen LogP contribution in [0.1, 0.15) is 10.4 Å². The number of halogens is 1. The van der Waals surface area contributed by atoms with Crippen LogP contribution < -0.4 is 9.47 Å². The van der Waals surface area contributed by atoms with Gasteiger partial charge in [-0.15, -0.1) is 0 Å². The standard InChI is InChI=1S/C9H9ClO3/c1-12-8-4-3-7(10)6(5-11)9(8)13-2/h3-5H,1-2H3. The van der Waals surface area contributed by atoms with Crippen molar-refractivity contribution < 1.29 is 14.3 Å². The maximum atomic E-state index is 10.7. The van der Waals surface area contributed by atoms with Gasteiger partial charge < -0.3 is 9.47 Å². The minimum Gasteiger partial charge on any atom is -0.493 e. The molecule has 13 heavy (non-hydrogen) atoms. The molecule has 70 valence electrons. The molecular formula is C9H9ClO3. The summed E-state index contributed by atoms with van der Waals surface area (Å²) in [6.07, 6.45) is 0.643. The summed E-state index contributed by atoms with van der Waals surface area (Å²) in [5.74, 6) is 0.860. The first kappa shape index (κ1) is 9.86. The molecule has 0 aromatic heterocycles. The Hall–Kier alpha value is -1.22. The van der Waals surface area contributed by atoms with Crippen LogP contribution >= 0.6 is 11.6 Å². The van der Waals surface area contributed by atoms with Crippen LogP contribution in [0.25, 0.3) is 0 Å². The molecule has 4 heteroatoms. The Kier molecular flexibility index (Phi) is 3.14. The SMILES string of the molecule is COc1ccc(Cl)c(C=O)c1OC. The topological polar surface area (TPSA) is 35.5 Å². The van der Waals surface area contributed by atoms with E-state index in [0.717, 1.165) is 0 Å². The quantitative estimate of drug-likeness (QED) is 0.702. The molecule has 0 bridgehead atoms. The summed E-state index contributed by atoms with van der Waals surface area (Å²) in [7, 11) is 2.96. The molecule has 0 atom stereocenters. The molecule has 0 unspecified atom stereocenters. The molecule has 0 saturated carbocycles. The molecule has 0 N–H and O–H groups in total. The van der Waals surface area contributed by atoms with Crippen molar-refractivity contribution in [1.29, 1.82) is 0 Å². The molecular weight excluding hydrogens is 192 g/mol. The predicted molar refractivity (Wildman–Crippen MR) is 49.9 cm³/mol. The fraction of sp³-hybridized carbons (Fsp3) is 0.222. The summed E-state index contributed by atoms with van der Waals surface area (Å²) in [4.78, 5) is 10.7. The van der Waals surface area contributed by atoms with Gasteiger partial charge >= 0.3 is 0 Å². The van der Waals surface area contributed by atoms with Gasteiger partial charge in [0.05, 0.1) is 24.8 Å². The van der Waals surface area contributed by atoms with E-state index in [1.165, 1.54) is 14.2 Å². The summed E-state index contributed by atoms with van der Waals surface area (Å²) >= 11 is 5.77. The van der Waals surface area contributed by atoms with E-state index in [-0.39, 0.29) is 0 Å². The highest BCUT2D eigenvalue weighted by Crippen LogP contribution is 2.34. The van der Waals surface area contributed by atoms with E-state index < -0.39 is 0 Å². The zero-order valence-electron chi connectivity index (χ0n) is 7.33. The highest BCUT2D eigenvalue weighted by molar-refractivity contribution is 6.33. The molecule has 0 aliphatic rings. The minimum absolute atomic E-state index is 0.309. The lowest BCUT2D eigenvalue weighted by molar-refractivity contribution is 0.112. The third-order valence-corrected chi connectivity index (χ3v) is 1.98. The second-order valence-electron chi connectivity index (χ2n) is 2.31. The van der Waals surface area contributed by atoms with Crippen LogP contribution in [0.3, 0.4) is 0 Å². The van der Waals surface area contributed by atoms with Gasteiger partial charge in [-0.2, -0.15) is 0 Å². The Labute approximate surface area is 81.2 Å². The summed E-state index contributed by atoms with van der Waals surface area (Å²) in [5.41, 5.74) is 0.309. The summed E-state index contributed by atoms with van der Waals surface area (Å²) in [6.45, 7) is 0. The molecule has 0 saturated heterocycles. The van der Waals surface area contributed by atoms with Crippen molar-refractivity contribution in [2.24, 2.45) is 0 Å². The molecule has 1 aromatic carbocycles. The largest absolute Gasteiger partial charge is 0.493 e. The molecule has 0 heterocycles. The van der Waals surface area contributed by atoms with Crippen molar-refractivity contribution in [2.45, 2.75) is 0 Å². The molecule has 0 spiro atoms. The lowest BCUT2D eigenvalue weighted by Gasteiger charge is -2.09. The van der Waals surface area contributed by atoms with E-state index >= 15 is 0 Å². The number of hydrogen-bond acceptors (Lipinski definition) is 3. The fourth-order valence-corrected chi connectivity index (χ4v) is 1.23. The Morgan fingerprint density at radius 2 is 2.00 bits per heavy atom. The van der Waals surface area contributed by atoms with E-state index in [2.05, 4.69) is 0 Å². The maximum Gasteiger partial charge on any atom is 0.172 e. The van der Waals surface area contributed by atoms with Crippen molar-refractivity contribution in [3.63, 3.8) is 0 Å². The lowest BCUT2D eigenvalue weighted by Crippen LogP contribution is -1.95. The van der Waals surface area contributed by atoms with E-state index in [1.807, 2.05) is 0 Å². The van der Waals surface area contributed by atoms with Crippen LogP contribution in [-0.4, -0.2) is 20.5 Å². The maximum absolute atomic E-state index is 10.7. The monoisotopic (exact) mass is 200 g/mol. The van der Waals surface area contributed by atoms with Gasteiger partial charge in [0.15, 0.2) is 17.8 Å². The van der Waals surface area contributed by atoms with Crippen molar-refractivity contribution >= 4 is 17.9 Å². The first-order valence-corrected chi connectivity index (χ1v) is 3.98. The van der Waals surface area contributed by atoms with E-state index in [4.69, 9.17) is 21.1 Å². The third kappa shape index (κ3) is 1.75. The molecule has 0 aliphatic heterocycles. The minimum atomic E-state index is 0.309. The first-order valence-electron chi connectivity index (χ1n) is 3.60. The average molecular weight is 201 g/mol. The zero-order valence-corrected chi connectivity index (χ0v) is 8.09. The average Bonchev–Trinajstić information content (AvgIpc) is 2.17. The number of ether oxygens (including phenoxy) is 2. The summed E-state index contributed by atoms with van der Waals surface area (Å²) in [6, 6.07) is 3.24. The van der Waals surface area contributed by atoms with Crippen molar-refractivity contribution in [2.75, 3.05) is 14.2 Å². The van der Waals surface area contributed by atoms with Gasteiger partial charge in [-0.05, 0) is 12.1 Å². The van der Waals surface area contributed by atoms with Gasteiger partial charge in [-0.25, -0.2) is 0 Å². The Balaban J connectivity index is 3.36. The number of benzene rings is 1. The van der Waals surface area contributed by atoms with E-state index in [9.17, 15) is 4.79 Å². The Morgan fingerprint density at radius 3 is 2.46 bits per heavy atom. The summed E-state index contributed by atoms with van der Waals surface area (Å²) in [5, 5.41) is 0.354. The number of methoxy groups -OCH3 is 2. The van der Waals surface area contributed by atoms with Crippen LogP contribution in [0.15, 0.2) is 12.1 Å². The van der Waals surface area contributed by atoms with E-state index in [0.29, 0.717) is 28.4 Å². The van der Waals surface area contributed by atoms with E-state index in [1.54, 1.807) is 12.1 Å². The fourth-order valence-electron chi connectivity index (χ4n) is 1.04. The Bertz CT molecular complexity index is 323. The molecule has 1 aromatic rings. The van der Waals surface area contributed by atoms with Gasteiger partial charge in [0.2, 0.25) is 0 Å². The molecule has 0 aliphatic carbocycles. The van der Waals surface area contributed by atoms with Crippen LogP contribution in [0.4, 0.5) is 0 Å². The van der Waals surface area contributed by atoms with Crippen molar-refractivity contribution in [3.8, 4) is 11.5 Å². The van der Waals surface area contributed by atoms with Crippen LogP contribution in [0, 0.1) is 0 Å². The number of rotatable bonds is 3. The summed E-state index contributed by atoms with van der Waals surface area (Å²) < 4.78 is 9.99. The highest BCUT2D eigenvalue weighted by atomic mass is 35.5. The van der Waals surface area contributed by atoms with Crippen LogP contribution in [0.2, 0.25) is 5.02 Å². The molecule has 0 radical (unpaired) electrons. The number of carbonyl (C=O) groups excluding carboxylic acids is 1. The second kappa shape index (κ2) is 4.14. The van der Waals surface area contributed by atoms with Gasteiger partial charge in [0.25, 0.3) is 0 Å². The van der Waals surface area contributed by atoms with Crippen molar-refractivity contribution in [3.05, 3.63) is 22.7 Å². The van der Waals surface area contributed by atoms with Crippen molar-refractivity contribution in [1.82, 2.24) is 0 Å². The van der Waals surface area contributed by atoms with Gasteiger partial charge in [-0.3, -0.25) is 4.79 Å². The van der Waals surface area contributed by atoms with Crippen LogP contribution in [0.5, 0.6) is 11.5 Å². The predicted octanol–water partition coefficient (Wildman–Crippen LogP) is 2.17. The third-order valence-electron chi connectivity index (χ3n) is 1.65. The normalized spacial score (nSPS) is 9.46. The number of aldehydes is 1. The number of carbonyl (C=O) groups is 1. The first-order chi connectivity index (χ1) is 6.24. The Morgan fingerprint density at radius 1 is 1.31 bits per heavy atom. The highest BCUT2D eigenvalue weighted by Gasteiger charge is 2.12. The van der Waals surface area contributed by atoms with Gasteiger partial charge in [0.1, 0.15) is 0 Å². The van der Waals surface area contributed by atoms with Gasteiger partial charge in [0, 0.05) is 0 Å². The second-order valence-corrected chi connectivity index (χ2v) is 2.72. The molecule has 3 nitrogen and oxygen atoms in total. The van der Waals surface area contributed by atoms with Crippen LogP contribution in [-0.2, 0) is 0 Å².